The molecule has 0 radical (unpaired) electrons. The number of likely N-dealkylation sites (tertiary alicyclic amines) is 1. The third-order valence-corrected chi connectivity index (χ3v) is 4.10. The molecule has 0 bridgehead atoms. The number of piperidine rings is 1. The van der Waals surface area contributed by atoms with Crippen LogP contribution >= 0.6 is 11.6 Å². The Kier molecular flexibility index (Phi) is 9.09. The number of benzene rings is 1. The highest BCUT2D eigenvalue weighted by Crippen LogP contribution is 2.20. The molecule has 0 aromatic heterocycles. The Morgan fingerprint density at radius 2 is 1.77 bits per heavy atom. The maximum absolute atomic E-state index is 12.0. The van der Waals surface area contributed by atoms with Gasteiger partial charge in [-0.2, -0.15) is 0 Å². The van der Waals surface area contributed by atoms with Crippen LogP contribution < -0.4 is 5.32 Å². The van der Waals surface area contributed by atoms with E-state index in [0.717, 1.165) is 37.5 Å². The summed E-state index contributed by atoms with van der Waals surface area (Å²) >= 11 is 6.00. The van der Waals surface area contributed by atoms with Crippen molar-refractivity contribution in [3.63, 3.8) is 0 Å². The van der Waals surface area contributed by atoms with Gasteiger partial charge in [-0.1, -0.05) is 23.7 Å². The second kappa shape index (κ2) is 10.8. The summed E-state index contributed by atoms with van der Waals surface area (Å²) in [7, 11) is 0. The van der Waals surface area contributed by atoms with Crippen LogP contribution in [0.5, 0.6) is 0 Å². The zero-order chi connectivity index (χ0) is 19.7. The van der Waals surface area contributed by atoms with Crippen molar-refractivity contribution in [3.05, 3.63) is 34.9 Å². The Bertz CT molecular complexity index is 616. The molecule has 0 unspecified atom stereocenters. The largest absolute Gasteiger partial charge is 0.473 e. The number of nitrogens with one attached hydrogen (secondary N) is 1. The highest BCUT2D eigenvalue weighted by molar-refractivity contribution is 6.30. The number of amides is 1. The fraction of sp³-hybridized carbons (Fsp3) is 0.500. The van der Waals surface area contributed by atoms with Crippen molar-refractivity contribution in [2.45, 2.75) is 39.3 Å². The van der Waals surface area contributed by atoms with Crippen LogP contribution in [0.25, 0.3) is 0 Å². The molecule has 1 saturated heterocycles. The van der Waals surface area contributed by atoms with Crippen LogP contribution in [0, 0.1) is 5.92 Å². The molecule has 26 heavy (non-hydrogen) atoms. The lowest BCUT2D eigenvalue weighted by atomic mass is 9.95. The van der Waals surface area contributed by atoms with Crippen LogP contribution in [0.4, 0.5) is 0 Å². The van der Waals surface area contributed by atoms with E-state index in [2.05, 4.69) is 16.3 Å². The zero-order valence-electron chi connectivity index (χ0n) is 14.9. The average Bonchev–Trinajstić information content (AvgIpc) is 2.55. The third kappa shape index (κ3) is 8.31. The summed E-state index contributed by atoms with van der Waals surface area (Å²) in [5.74, 6) is -3.26. The van der Waals surface area contributed by atoms with E-state index in [1.165, 1.54) is 5.56 Å². The van der Waals surface area contributed by atoms with Crippen LogP contribution in [0.1, 0.15) is 32.3 Å². The molecule has 7 nitrogen and oxygen atoms in total. The molecule has 0 atom stereocenters. The van der Waals surface area contributed by atoms with Gasteiger partial charge in [-0.05, 0) is 57.5 Å². The molecule has 1 heterocycles. The number of carbonyl (C=O) groups is 3. The fourth-order valence-electron chi connectivity index (χ4n) is 2.65. The van der Waals surface area contributed by atoms with E-state index in [-0.39, 0.29) is 17.9 Å². The molecule has 0 saturated carbocycles. The lowest BCUT2D eigenvalue weighted by Crippen LogP contribution is -2.42. The number of hydrogen-bond donors (Lipinski definition) is 3. The monoisotopic (exact) mass is 384 g/mol. The van der Waals surface area contributed by atoms with E-state index in [9.17, 15) is 4.79 Å². The summed E-state index contributed by atoms with van der Waals surface area (Å²) in [5.41, 5.74) is 1.24. The van der Waals surface area contributed by atoms with Crippen molar-refractivity contribution in [2.75, 3.05) is 13.1 Å². The van der Waals surface area contributed by atoms with Crippen LogP contribution in [-0.2, 0) is 20.9 Å². The van der Waals surface area contributed by atoms with E-state index in [4.69, 9.17) is 31.4 Å². The molecule has 144 valence electrons. The number of carbonyl (C=O) groups excluding carboxylic acids is 1. The Balaban J connectivity index is 0.000000487. The van der Waals surface area contributed by atoms with Crippen LogP contribution in [0.2, 0.25) is 5.02 Å². The first-order valence-corrected chi connectivity index (χ1v) is 8.80. The number of carboxylic acid groups (broad SMARTS) is 2. The summed E-state index contributed by atoms with van der Waals surface area (Å²) in [4.78, 5) is 32.6. The van der Waals surface area contributed by atoms with E-state index in [0.29, 0.717) is 0 Å². The van der Waals surface area contributed by atoms with Crippen molar-refractivity contribution in [2.24, 2.45) is 5.92 Å². The first-order valence-electron chi connectivity index (χ1n) is 8.42. The lowest BCUT2D eigenvalue weighted by molar-refractivity contribution is -0.159. The van der Waals surface area contributed by atoms with Crippen molar-refractivity contribution in [1.29, 1.82) is 0 Å². The fourth-order valence-corrected chi connectivity index (χ4v) is 2.86. The van der Waals surface area contributed by atoms with Gasteiger partial charge in [-0.3, -0.25) is 9.69 Å². The van der Waals surface area contributed by atoms with E-state index in [1.54, 1.807) is 0 Å². The van der Waals surface area contributed by atoms with E-state index >= 15 is 0 Å². The molecule has 1 fully saturated rings. The zero-order valence-corrected chi connectivity index (χ0v) is 15.7. The minimum absolute atomic E-state index is 0.174. The van der Waals surface area contributed by atoms with Gasteiger partial charge in [-0.25, -0.2) is 9.59 Å². The molecule has 0 spiro atoms. The first kappa shape index (κ1) is 21.9. The number of halogens is 1. The molecule has 1 aliphatic heterocycles. The van der Waals surface area contributed by atoms with Crippen molar-refractivity contribution in [3.8, 4) is 0 Å². The summed E-state index contributed by atoms with van der Waals surface area (Å²) in [6.07, 6.45) is 1.89. The Morgan fingerprint density at radius 3 is 2.23 bits per heavy atom. The predicted molar refractivity (Wildman–Crippen MR) is 98.0 cm³/mol. The van der Waals surface area contributed by atoms with Gasteiger partial charge in [-0.15, -0.1) is 0 Å². The first-order chi connectivity index (χ1) is 12.2. The molecule has 1 aliphatic rings. The molecule has 2 rings (SSSR count). The van der Waals surface area contributed by atoms with Gasteiger partial charge >= 0.3 is 11.9 Å². The molecular formula is C18H25ClN2O5. The number of aliphatic carboxylic acids is 2. The van der Waals surface area contributed by atoms with Crippen LogP contribution in [0.15, 0.2) is 24.3 Å². The average molecular weight is 385 g/mol. The Morgan fingerprint density at radius 1 is 1.19 bits per heavy atom. The van der Waals surface area contributed by atoms with Crippen LogP contribution in [-0.4, -0.2) is 52.1 Å². The smallest absolute Gasteiger partial charge is 0.414 e. The quantitative estimate of drug-likeness (QED) is 0.687. The molecule has 1 aromatic rings. The van der Waals surface area contributed by atoms with Gasteiger partial charge < -0.3 is 15.5 Å². The minimum atomic E-state index is -1.82. The number of rotatable bonds is 4. The number of nitrogens with zero attached hydrogens (tertiary/aromatic N) is 1. The van der Waals surface area contributed by atoms with E-state index in [1.807, 2.05) is 32.0 Å². The molecule has 3 N–H and O–H groups in total. The molecule has 8 heteroatoms. The summed E-state index contributed by atoms with van der Waals surface area (Å²) < 4.78 is 0. The summed E-state index contributed by atoms with van der Waals surface area (Å²) in [6, 6.07) is 8.23. The Labute approximate surface area is 157 Å². The number of hydrogen-bond acceptors (Lipinski definition) is 4. The van der Waals surface area contributed by atoms with E-state index < -0.39 is 11.9 Å². The Hall–Kier alpha value is -2.12. The third-order valence-electron chi connectivity index (χ3n) is 3.87. The predicted octanol–water partition coefficient (Wildman–Crippen LogP) is 2.23. The summed E-state index contributed by atoms with van der Waals surface area (Å²) in [6.45, 7) is 6.88. The maximum Gasteiger partial charge on any atom is 0.414 e. The highest BCUT2D eigenvalue weighted by Gasteiger charge is 2.25. The molecule has 0 aliphatic carbocycles. The highest BCUT2D eigenvalue weighted by atomic mass is 35.5. The standard InChI is InChI=1S/C16H23ClN2O.C2H2O4/c1-12(2)18-16(20)14-6-8-19(9-7-14)11-13-4-3-5-15(17)10-13;3-1(4)2(5)6/h3-5,10,12,14H,6-9,11H2,1-2H3,(H,18,20);(H,3,4)(H,5,6). The lowest BCUT2D eigenvalue weighted by Gasteiger charge is -2.31. The van der Waals surface area contributed by atoms with Gasteiger partial charge in [0.15, 0.2) is 0 Å². The molecule has 1 amide bonds. The topological polar surface area (TPSA) is 107 Å². The van der Waals surface area contributed by atoms with Crippen molar-refractivity contribution < 1.29 is 24.6 Å². The SMILES string of the molecule is CC(C)NC(=O)C1CCN(Cc2cccc(Cl)c2)CC1.O=C(O)C(=O)O. The van der Waals surface area contributed by atoms with Gasteiger partial charge in [0.1, 0.15) is 0 Å². The van der Waals surface area contributed by atoms with Crippen molar-refractivity contribution in [1.82, 2.24) is 10.2 Å². The second-order valence-corrected chi connectivity index (χ2v) is 6.89. The van der Waals surface area contributed by atoms with Gasteiger partial charge in [0, 0.05) is 23.5 Å². The van der Waals surface area contributed by atoms with Gasteiger partial charge in [0.25, 0.3) is 0 Å². The van der Waals surface area contributed by atoms with Gasteiger partial charge in [0.05, 0.1) is 0 Å². The van der Waals surface area contributed by atoms with Crippen molar-refractivity contribution >= 4 is 29.4 Å². The molecule has 1 aromatic carbocycles. The minimum Gasteiger partial charge on any atom is -0.473 e. The number of carboxylic acids is 2. The normalized spacial score (nSPS) is 15.1. The summed E-state index contributed by atoms with van der Waals surface area (Å²) in [5, 5.41) is 18.6. The van der Waals surface area contributed by atoms with Gasteiger partial charge in [0.2, 0.25) is 5.91 Å². The molecular weight excluding hydrogens is 360 g/mol. The second-order valence-electron chi connectivity index (χ2n) is 6.45. The maximum atomic E-state index is 12.0. The van der Waals surface area contributed by atoms with Crippen LogP contribution in [0.3, 0.4) is 0 Å².